The largest absolute Gasteiger partial charge is 0.491 e. The SMILES string of the molecule is CC(C)C(Br)C(=O)NC1COc2ccccc21. The number of nitrogens with one attached hydrogen (secondary N) is 1. The van der Waals surface area contributed by atoms with Crippen molar-refractivity contribution in [3.8, 4) is 5.75 Å². The molecule has 1 aromatic rings. The molecule has 0 aromatic heterocycles. The molecule has 1 amide bonds. The Balaban J connectivity index is 2.05. The number of amides is 1. The van der Waals surface area contributed by atoms with E-state index >= 15 is 0 Å². The minimum atomic E-state index is -0.157. The van der Waals surface area contributed by atoms with Gasteiger partial charge in [0.05, 0.1) is 10.9 Å². The molecule has 0 spiro atoms. The fourth-order valence-electron chi connectivity index (χ4n) is 1.84. The minimum absolute atomic E-state index is 0.0188. The lowest BCUT2D eigenvalue weighted by atomic mass is 10.1. The van der Waals surface area contributed by atoms with Gasteiger partial charge >= 0.3 is 0 Å². The maximum absolute atomic E-state index is 11.9. The number of hydrogen-bond acceptors (Lipinski definition) is 2. The fourth-order valence-corrected chi connectivity index (χ4v) is 1.97. The highest BCUT2D eigenvalue weighted by molar-refractivity contribution is 9.10. The molecule has 1 aromatic carbocycles. The summed E-state index contributed by atoms with van der Waals surface area (Å²) >= 11 is 3.40. The van der Waals surface area contributed by atoms with E-state index < -0.39 is 0 Å². The summed E-state index contributed by atoms with van der Waals surface area (Å²) in [5.74, 6) is 1.16. The van der Waals surface area contributed by atoms with E-state index in [1.165, 1.54) is 0 Å². The molecule has 2 rings (SSSR count). The van der Waals surface area contributed by atoms with Crippen LogP contribution in [0.2, 0.25) is 0 Å². The first-order valence-corrected chi connectivity index (χ1v) is 6.67. The number of rotatable bonds is 3. The molecule has 92 valence electrons. The van der Waals surface area contributed by atoms with Crippen molar-refractivity contribution in [2.75, 3.05) is 6.61 Å². The van der Waals surface area contributed by atoms with Crippen LogP contribution in [-0.4, -0.2) is 17.3 Å². The predicted molar refractivity (Wildman–Crippen MR) is 70.4 cm³/mol. The summed E-state index contributed by atoms with van der Waals surface area (Å²) in [6.07, 6.45) is 0. The third-order valence-corrected chi connectivity index (χ3v) is 4.33. The molecular formula is C13H16BrNO2. The third-order valence-electron chi connectivity index (χ3n) is 2.85. The van der Waals surface area contributed by atoms with Gasteiger partial charge in [-0.15, -0.1) is 0 Å². The molecule has 4 heteroatoms. The van der Waals surface area contributed by atoms with Crippen LogP contribution in [0.25, 0.3) is 0 Å². The molecule has 2 unspecified atom stereocenters. The van der Waals surface area contributed by atoms with Gasteiger partial charge in [0.1, 0.15) is 12.4 Å². The van der Waals surface area contributed by atoms with Crippen molar-refractivity contribution in [3.05, 3.63) is 29.8 Å². The highest BCUT2D eigenvalue weighted by atomic mass is 79.9. The molecule has 0 saturated heterocycles. The lowest BCUT2D eigenvalue weighted by Gasteiger charge is -2.17. The van der Waals surface area contributed by atoms with Crippen molar-refractivity contribution in [3.63, 3.8) is 0 Å². The van der Waals surface area contributed by atoms with Gasteiger partial charge in [-0.1, -0.05) is 48.0 Å². The highest BCUT2D eigenvalue weighted by Crippen LogP contribution is 2.31. The topological polar surface area (TPSA) is 38.3 Å². The molecule has 17 heavy (non-hydrogen) atoms. The summed E-state index contributed by atoms with van der Waals surface area (Å²) in [4.78, 5) is 11.8. The van der Waals surface area contributed by atoms with Gasteiger partial charge in [0.15, 0.2) is 0 Å². The van der Waals surface area contributed by atoms with Gasteiger partial charge in [0, 0.05) is 5.56 Å². The summed E-state index contributed by atoms with van der Waals surface area (Å²) in [5.41, 5.74) is 1.06. The first-order valence-electron chi connectivity index (χ1n) is 5.75. The molecular weight excluding hydrogens is 282 g/mol. The molecule has 2 atom stereocenters. The Labute approximate surface area is 110 Å². The molecule has 0 fully saturated rings. The summed E-state index contributed by atoms with van der Waals surface area (Å²) in [6.45, 7) is 4.54. The van der Waals surface area contributed by atoms with E-state index in [1.807, 2.05) is 38.1 Å². The average molecular weight is 298 g/mol. The van der Waals surface area contributed by atoms with Crippen LogP contribution in [-0.2, 0) is 4.79 Å². The zero-order chi connectivity index (χ0) is 12.4. The predicted octanol–water partition coefficient (Wildman–Crippen LogP) is 2.66. The maximum atomic E-state index is 11.9. The van der Waals surface area contributed by atoms with Crippen molar-refractivity contribution in [2.45, 2.75) is 24.7 Å². The first kappa shape index (κ1) is 12.4. The molecule has 1 aliphatic rings. The van der Waals surface area contributed by atoms with E-state index in [-0.39, 0.29) is 22.7 Å². The van der Waals surface area contributed by atoms with Gasteiger partial charge in [-0.3, -0.25) is 4.79 Å². The standard InChI is InChI=1S/C13H16BrNO2/c1-8(2)12(14)13(16)15-10-7-17-11-6-4-3-5-9(10)11/h3-6,8,10,12H,7H2,1-2H3,(H,15,16). The number of hydrogen-bond donors (Lipinski definition) is 1. The number of halogens is 1. The Hall–Kier alpha value is -1.03. The van der Waals surface area contributed by atoms with Crippen LogP contribution >= 0.6 is 15.9 Å². The molecule has 0 radical (unpaired) electrons. The monoisotopic (exact) mass is 297 g/mol. The van der Waals surface area contributed by atoms with Crippen molar-refractivity contribution in [1.82, 2.24) is 5.32 Å². The van der Waals surface area contributed by atoms with Gasteiger partial charge in [-0.2, -0.15) is 0 Å². The number of para-hydroxylation sites is 1. The molecule has 0 aliphatic carbocycles. The van der Waals surface area contributed by atoms with Gasteiger partial charge in [0.2, 0.25) is 5.91 Å². The van der Waals surface area contributed by atoms with Crippen LogP contribution in [0.4, 0.5) is 0 Å². The molecule has 0 bridgehead atoms. The third kappa shape index (κ3) is 2.63. The lowest BCUT2D eigenvalue weighted by Crippen LogP contribution is -2.37. The summed E-state index contributed by atoms with van der Waals surface area (Å²) in [5, 5.41) is 3.01. The molecule has 0 saturated carbocycles. The van der Waals surface area contributed by atoms with Crippen LogP contribution in [0.1, 0.15) is 25.5 Å². The smallest absolute Gasteiger partial charge is 0.234 e. The number of fused-ring (bicyclic) bond motifs is 1. The Kier molecular flexibility index (Phi) is 3.72. The second kappa shape index (κ2) is 5.08. The zero-order valence-electron chi connectivity index (χ0n) is 9.94. The molecule has 3 nitrogen and oxygen atoms in total. The fraction of sp³-hybridized carbons (Fsp3) is 0.462. The summed E-state index contributed by atoms with van der Waals surface area (Å²) in [7, 11) is 0. The van der Waals surface area contributed by atoms with Crippen molar-refractivity contribution >= 4 is 21.8 Å². The van der Waals surface area contributed by atoms with Crippen molar-refractivity contribution in [1.29, 1.82) is 0 Å². The van der Waals surface area contributed by atoms with E-state index in [9.17, 15) is 4.79 Å². The summed E-state index contributed by atoms with van der Waals surface area (Å²) < 4.78 is 5.52. The zero-order valence-corrected chi connectivity index (χ0v) is 11.5. The summed E-state index contributed by atoms with van der Waals surface area (Å²) in [6, 6.07) is 7.78. The highest BCUT2D eigenvalue weighted by Gasteiger charge is 2.28. The second-order valence-electron chi connectivity index (χ2n) is 4.56. The molecule has 1 aliphatic heterocycles. The van der Waals surface area contributed by atoms with Crippen LogP contribution in [0.5, 0.6) is 5.75 Å². The number of ether oxygens (including phenoxy) is 1. The number of alkyl halides is 1. The van der Waals surface area contributed by atoms with Gasteiger partial charge < -0.3 is 10.1 Å². The van der Waals surface area contributed by atoms with Gasteiger partial charge in [-0.05, 0) is 12.0 Å². The quantitative estimate of drug-likeness (QED) is 0.871. The average Bonchev–Trinajstić information content (AvgIpc) is 2.71. The van der Waals surface area contributed by atoms with Crippen LogP contribution < -0.4 is 10.1 Å². The van der Waals surface area contributed by atoms with Gasteiger partial charge in [0.25, 0.3) is 0 Å². The van der Waals surface area contributed by atoms with E-state index in [0.717, 1.165) is 11.3 Å². The Morgan fingerprint density at radius 2 is 2.18 bits per heavy atom. The van der Waals surface area contributed by atoms with E-state index in [2.05, 4.69) is 21.2 Å². The van der Waals surface area contributed by atoms with Crippen molar-refractivity contribution < 1.29 is 9.53 Å². The minimum Gasteiger partial charge on any atom is -0.491 e. The number of carbonyl (C=O) groups is 1. The number of carbonyl (C=O) groups excluding carboxylic acids is 1. The number of benzene rings is 1. The van der Waals surface area contributed by atoms with E-state index in [4.69, 9.17) is 4.74 Å². The maximum Gasteiger partial charge on any atom is 0.234 e. The second-order valence-corrected chi connectivity index (χ2v) is 5.54. The van der Waals surface area contributed by atoms with Crippen LogP contribution in [0.3, 0.4) is 0 Å². The first-order chi connectivity index (χ1) is 8.09. The van der Waals surface area contributed by atoms with E-state index in [0.29, 0.717) is 6.61 Å². The van der Waals surface area contributed by atoms with Crippen molar-refractivity contribution in [2.24, 2.45) is 5.92 Å². The normalized spacial score (nSPS) is 19.6. The lowest BCUT2D eigenvalue weighted by molar-refractivity contribution is -0.121. The van der Waals surface area contributed by atoms with Gasteiger partial charge in [-0.25, -0.2) is 0 Å². The molecule has 1 N–H and O–H groups in total. The Morgan fingerprint density at radius 3 is 2.88 bits per heavy atom. The Morgan fingerprint density at radius 1 is 1.47 bits per heavy atom. The molecule has 1 heterocycles. The van der Waals surface area contributed by atoms with Crippen LogP contribution in [0, 0.1) is 5.92 Å². The van der Waals surface area contributed by atoms with E-state index in [1.54, 1.807) is 0 Å². The Bertz CT molecular complexity index is 420. The van der Waals surface area contributed by atoms with Crippen LogP contribution in [0.15, 0.2) is 24.3 Å².